The highest BCUT2D eigenvalue weighted by Gasteiger charge is 2.36. The molecule has 0 bridgehead atoms. The van der Waals surface area contributed by atoms with Crippen LogP contribution in [0.3, 0.4) is 0 Å². The number of benzene rings is 1. The van der Waals surface area contributed by atoms with E-state index in [-0.39, 0.29) is 6.04 Å². The van der Waals surface area contributed by atoms with Gasteiger partial charge in [0, 0.05) is 18.9 Å². The van der Waals surface area contributed by atoms with Gasteiger partial charge in [-0.15, -0.1) is 0 Å². The molecule has 0 saturated carbocycles. The van der Waals surface area contributed by atoms with E-state index in [2.05, 4.69) is 4.98 Å². The summed E-state index contributed by atoms with van der Waals surface area (Å²) in [6.45, 7) is 2.38. The predicted molar refractivity (Wildman–Crippen MR) is 87.8 cm³/mol. The van der Waals surface area contributed by atoms with Crippen molar-refractivity contribution in [2.45, 2.75) is 30.7 Å². The van der Waals surface area contributed by atoms with E-state index in [1.54, 1.807) is 42.0 Å². The number of aromatic nitrogens is 1. The Morgan fingerprint density at radius 3 is 2.78 bits per heavy atom. The number of hydrogen-bond acceptors (Lipinski definition) is 4. The number of nitrogens with zero attached hydrogens (tertiary/aromatic N) is 2. The molecule has 2 heterocycles. The van der Waals surface area contributed by atoms with Crippen LogP contribution in [0.25, 0.3) is 0 Å². The van der Waals surface area contributed by atoms with Crippen molar-refractivity contribution in [1.29, 1.82) is 0 Å². The number of rotatable bonds is 4. The van der Waals surface area contributed by atoms with Crippen molar-refractivity contribution < 1.29 is 13.2 Å². The zero-order valence-corrected chi connectivity index (χ0v) is 14.1. The van der Waals surface area contributed by atoms with Gasteiger partial charge in [0.05, 0.1) is 18.0 Å². The van der Waals surface area contributed by atoms with Crippen LogP contribution >= 0.6 is 0 Å². The Morgan fingerprint density at radius 1 is 1.30 bits per heavy atom. The van der Waals surface area contributed by atoms with E-state index in [4.69, 9.17) is 4.74 Å². The van der Waals surface area contributed by atoms with Crippen LogP contribution in [0.2, 0.25) is 0 Å². The lowest BCUT2D eigenvalue weighted by atomic mass is 10.1. The maximum atomic E-state index is 13.0. The van der Waals surface area contributed by atoms with E-state index < -0.39 is 10.0 Å². The van der Waals surface area contributed by atoms with Crippen molar-refractivity contribution in [3.63, 3.8) is 0 Å². The van der Waals surface area contributed by atoms with Crippen LogP contribution in [0.15, 0.2) is 47.6 Å². The molecule has 1 atom stereocenters. The van der Waals surface area contributed by atoms with Gasteiger partial charge >= 0.3 is 0 Å². The summed E-state index contributed by atoms with van der Waals surface area (Å²) in [7, 11) is -1.95. The summed E-state index contributed by atoms with van der Waals surface area (Å²) in [5, 5.41) is 0. The maximum Gasteiger partial charge on any atom is 0.243 e. The normalized spacial score (nSPS) is 19.0. The van der Waals surface area contributed by atoms with Gasteiger partial charge in [-0.25, -0.2) is 8.42 Å². The summed E-state index contributed by atoms with van der Waals surface area (Å²) in [5.41, 5.74) is 1.75. The van der Waals surface area contributed by atoms with Crippen LogP contribution in [0, 0.1) is 6.92 Å². The second kappa shape index (κ2) is 6.29. The fourth-order valence-electron chi connectivity index (χ4n) is 3.08. The van der Waals surface area contributed by atoms with Gasteiger partial charge < -0.3 is 4.74 Å². The summed E-state index contributed by atoms with van der Waals surface area (Å²) in [6.07, 6.45) is 5.12. The molecule has 1 saturated heterocycles. The number of hydrogen-bond donors (Lipinski definition) is 0. The summed E-state index contributed by atoms with van der Waals surface area (Å²) in [6, 6.07) is 8.63. The molecule has 3 rings (SSSR count). The standard InChI is InChI=1S/C17H20N2O3S/c1-13-11-15(7-8-17(13)22-2)23(20,21)19-10-4-6-16(19)14-5-3-9-18-12-14/h3,5,7-9,11-12,16H,4,6,10H2,1-2H3. The van der Waals surface area contributed by atoms with Gasteiger partial charge in [0.2, 0.25) is 10.0 Å². The van der Waals surface area contributed by atoms with Crippen molar-refractivity contribution in [2.75, 3.05) is 13.7 Å². The quantitative estimate of drug-likeness (QED) is 0.864. The molecule has 0 spiro atoms. The Labute approximate surface area is 137 Å². The highest BCUT2D eigenvalue weighted by atomic mass is 32.2. The van der Waals surface area contributed by atoms with Gasteiger partial charge in [-0.3, -0.25) is 4.98 Å². The molecule has 0 aliphatic carbocycles. The first-order valence-corrected chi connectivity index (χ1v) is 9.04. The van der Waals surface area contributed by atoms with Gasteiger partial charge in [-0.1, -0.05) is 6.07 Å². The largest absolute Gasteiger partial charge is 0.496 e. The van der Waals surface area contributed by atoms with Gasteiger partial charge in [0.1, 0.15) is 5.75 Å². The first kappa shape index (κ1) is 16.0. The van der Waals surface area contributed by atoms with Gasteiger partial charge in [0.25, 0.3) is 0 Å². The Morgan fingerprint density at radius 2 is 2.13 bits per heavy atom. The van der Waals surface area contributed by atoms with E-state index in [9.17, 15) is 8.42 Å². The number of aryl methyl sites for hydroxylation is 1. The average molecular weight is 332 g/mol. The summed E-state index contributed by atoms with van der Waals surface area (Å²) < 4.78 is 32.9. The van der Waals surface area contributed by atoms with Crippen molar-refractivity contribution in [1.82, 2.24) is 9.29 Å². The Hall–Kier alpha value is -1.92. The van der Waals surface area contributed by atoms with Gasteiger partial charge in [0.15, 0.2) is 0 Å². The van der Waals surface area contributed by atoms with Crippen molar-refractivity contribution in [3.05, 3.63) is 53.9 Å². The highest BCUT2D eigenvalue weighted by molar-refractivity contribution is 7.89. The molecule has 122 valence electrons. The summed E-state index contributed by atoms with van der Waals surface area (Å²) in [5.74, 6) is 0.689. The minimum atomic E-state index is -3.53. The van der Waals surface area contributed by atoms with Crippen LogP contribution in [0.4, 0.5) is 0 Å². The molecule has 1 aromatic heterocycles. The first-order valence-electron chi connectivity index (χ1n) is 7.60. The fraction of sp³-hybridized carbons (Fsp3) is 0.353. The third-order valence-electron chi connectivity index (χ3n) is 4.25. The number of ether oxygens (including phenoxy) is 1. The van der Waals surface area contributed by atoms with Gasteiger partial charge in [-0.2, -0.15) is 4.31 Å². The predicted octanol–water partition coefficient (Wildman–Crippen LogP) is 2.92. The van der Waals surface area contributed by atoms with Crippen LogP contribution in [0.1, 0.15) is 30.0 Å². The van der Waals surface area contributed by atoms with Crippen molar-refractivity contribution in [3.8, 4) is 5.75 Å². The minimum Gasteiger partial charge on any atom is -0.496 e. The Bertz CT molecular complexity index is 791. The number of sulfonamides is 1. The summed E-state index contributed by atoms with van der Waals surface area (Å²) in [4.78, 5) is 4.43. The molecule has 6 heteroatoms. The zero-order valence-electron chi connectivity index (χ0n) is 13.3. The molecule has 0 radical (unpaired) electrons. The monoisotopic (exact) mass is 332 g/mol. The summed E-state index contributed by atoms with van der Waals surface area (Å²) >= 11 is 0. The third kappa shape index (κ3) is 2.96. The molecule has 5 nitrogen and oxygen atoms in total. The lowest BCUT2D eigenvalue weighted by Gasteiger charge is -2.24. The molecule has 0 N–H and O–H groups in total. The minimum absolute atomic E-state index is 0.142. The number of pyridine rings is 1. The van der Waals surface area contributed by atoms with Crippen LogP contribution in [0.5, 0.6) is 5.75 Å². The smallest absolute Gasteiger partial charge is 0.243 e. The molecule has 0 amide bonds. The highest BCUT2D eigenvalue weighted by Crippen LogP contribution is 2.36. The molecule has 1 aromatic carbocycles. The Balaban J connectivity index is 1.97. The lowest BCUT2D eigenvalue weighted by Crippen LogP contribution is -2.30. The molecule has 1 aliphatic rings. The van der Waals surface area contributed by atoms with Crippen LogP contribution < -0.4 is 4.74 Å². The van der Waals surface area contributed by atoms with Crippen LogP contribution in [-0.2, 0) is 10.0 Å². The molecular weight excluding hydrogens is 312 g/mol. The molecule has 23 heavy (non-hydrogen) atoms. The fourth-order valence-corrected chi connectivity index (χ4v) is 4.85. The van der Waals surface area contributed by atoms with Crippen molar-refractivity contribution in [2.24, 2.45) is 0 Å². The lowest BCUT2D eigenvalue weighted by molar-refractivity contribution is 0.395. The Kier molecular flexibility index (Phi) is 4.37. The average Bonchev–Trinajstić information content (AvgIpc) is 3.06. The second-order valence-electron chi connectivity index (χ2n) is 5.69. The molecule has 2 aromatic rings. The third-order valence-corrected chi connectivity index (χ3v) is 6.15. The topological polar surface area (TPSA) is 59.5 Å². The zero-order chi connectivity index (χ0) is 16.4. The molecule has 1 unspecified atom stereocenters. The first-order chi connectivity index (χ1) is 11.0. The molecule has 1 fully saturated rings. The van der Waals surface area contributed by atoms with Crippen LogP contribution in [-0.4, -0.2) is 31.4 Å². The van der Waals surface area contributed by atoms with E-state index in [0.29, 0.717) is 17.2 Å². The molecular formula is C17H20N2O3S. The van der Waals surface area contributed by atoms with E-state index in [0.717, 1.165) is 24.0 Å². The maximum absolute atomic E-state index is 13.0. The van der Waals surface area contributed by atoms with E-state index in [1.807, 2.05) is 19.1 Å². The van der Waals surface area contributed by atoms with E-state index >= 15 is 0 Å². The number of methoxy groups -OCH3 is 1. The van der Waals surface area contributed by atoms with E-state index in [1.165, 1.54) is 0 Å². The second-order valence-corrected chi connectivity index (χ2v) is 7.58. The van der Waals surface area contributed by atoms with Gasteiger partial charge in [-0.05, 0) is 55.2 Å². The van der Waals surface area contributed by atoms with Crippen molar-refractivity contribution >= 4 is 10.0 Å². The SMILES string of the molecule is COc1ccc(S(=O)(=O)N2CCCC2c2cccnc2)cc1C. The molecule has 1 aliphatic heterocycles.